The van der Waals surface area contributed by atoms with E-state index in [0.29, 0.717) is 13.0 Å². The van der Waals surface area contributed by atoms with Gasteiger partial charge in [-0.3, -0.25) is 9.78 Å². The maximum Gasteiger partial charge on any atom is 0.324 e. The number of carbonyl (C=O) groups is 1. The fraction of sp³-hybridized carbons (Fsp3) is 0.400. The summed E-state index contributed by atoms with van der Waals surface area (Å²) in [6.45, 7) is 2.37. The first kappa shape index (κ1) is 10.7. The number of hydrogen-bond donors (Lipinski definition) is 1. The Balaban J connectivity index is 2.19. The van der Waals surface area contributed by atoms with Gasteiger partial charge in [0.2, 0.25) is 0 Å². The van der Waals surface area contributed by atoms with Crippen LogP contribution in [0.4, 0.5) is 0 Å². The van der Waals surface area contributed by atoms with Crippen molar-refractivity contribution in [3.63, 3.8) is 0 Å². The topological polar surface area (TPSA) is 51.2 Å². The number of nitrogens with zero attached hydrogens (tertiary/aromatic N) is 1. The zero-order valence-electron chi connectivity index (χ0n) is 8.19. The van der Waals surface area contributed by atoms with Gasteiger partial charge < -0.3 is 4.84 Å². The van der Waals surface area contributed by atoms with Crippen molar-refractivity contribution >= 4 is 5.97 Å². The molecule has 0 fully saturated rings. The van der Waals surface area contributed by atoms with E-state index in [2.05, 4.69) is 10.5 Å². The molecule has 1 aromatic rings. The van der Waals surface area contributed by atoms with Crippen LogP contribution < -0.4 is 5.48 Å². The highest BCUT2D eigenvalue weighted by molar-refractivity contribution is 5.68. The van der Waals surface area contributed by atoms with Gasteiger partial charge in [0.1, 0.15) is 0 Å². The Bertz CT molecular complexity index is 275. The van der Waals surface area contributed by atoms with Crippen LogP contribution in [0, 0.1) is 0 Å². The van der Waals surface area contributed by atoms with Crippen molar-refractivity contribution in [2.45, 2.75) is 26.3 Å². The van der Waals surface area contributed by atoms with Crippen LogP contribution in [0.5, 0.6) is 0 Å². The molecule has 4 nitrogen and oxygen atoms in total. The lowest BCUT2D eigenvalue weighted by Gasteiger charge is -2.03. The van der Waals surface area contributed by atoms with E-state index in [-0.39, 0.29) is 5.97 Å². The summed E-state index contributed by atoms with van der Waals surface area (Å²) < 4.78 is 0. The molecule has 1 rings (SSSR count). The fourth-order valence-electron chi connectivity index (χ4n) is 0.948. The lowest BCUT2D eigenvalue weighted by molar-refractivity contribution is -0.151. The lowest BCUT2D eigenvalue weighted by atomic mass is 10.3. The largest absolute Gasteiger partial charge is 0.370 e. The average molecular weight is 194 g/mol. The summed E-state index contributed by atoms with van der Waals surface area (Å²) in [6, 6.07) is 5.59. The van der Waals surface area contributed by atoms with Crippen LogP contribution in [0.2, 0.25) is 0 Å². The summed E-state index contributed by atoms with van der Waals surface area (Å²) in [6.07, 6.45) is 2.93. The molecule has 0 aliphatic heterocycles. The van der Waals surface area contributed by atoms with Gasteiger partial charge in [-0.2, -0.15) is 0 Å². The van der Waals surface area contributed by atoms with Crippen LogP contribution in [0.3, 0.4) is 0 Å². The highest BCUT2D eigenvalue weighted by Gasteiger charge is 2.00. The molecule has 0 unspecified atom stereocenters. The van der Waals surface area contributed by atoms with Crippen LogP contribution in [-0.4, -0.2) is 11.0 Å². The summed E-state index contributed by atoms with van der Waals surface area (Å²) in [4.78, 5) is 19.8. The van der Waals surface area contributed by atoms with Crippen LogP contribution in [0.1, 0.15) is 25.5 Å². The SMILES string of the molecule is CCCC(=O)ONCc1ccccn1. The van der Waals surface area contributed by atoms with E-state index in [4.69, 9.17) is 4.84 Å². The molecule has 0 bridgehead atoms. The average Bonchev–Trinajstić information content (AvgIpc) is 2.20. The van der Waals surface area contributed by atoms with E-state index in [0.717, 1.165) is 12.1 Å². The second-order valence-corrected chi connectivity index (χ2v) is 2.87. The fourth-order valence-corrected chi connectivity index (χ4v) is 0.948. The molecule has 0 aliphatic carbocycles. The van der Waals surface area contributed by atoms with Crippen LogP contribution in [-0.2, 0) is 16.2 Å². The molecule has 0 amide bonds. The zero-order chi connectivity index (χ0) is 10.2. The number of rotatable bonds is 5. The molecule has 1 aromatic heterocycles. The number of hydroxylamine groups is 1. The predicted octanol–water partition coefficient (Wildman–Crippen LogP) is 1.43. The molecular formula is C10H14N2O2. The summed E-state index contributed by atoms with van der Waals surface area (Å²) >= 11 is 0. The van der Waals surface area contributed by atoms with E-state index in [1.165, 1.54) is 0 Å². The van der Waals surface area contributed by atoms with Gasteiger partial charge in [0.15, 0.2) is 0 Å². The van der Waals surface area contributed by atoms with Gasteiger partial charge >= 0.3 is 5.97 Å². The first-order valence-electron chi connectivity index (χ1n) is 4.65. The zero-order valence-corrected chi connectivity index (χ0v) is 8.19. The summed E-state index contributed by atoms with van der Waals surface area (Å²) in [5, 5.41) is 0. The van der Waals surface area contributed by atoms with Crippen molar-refractivity contribution in [3.05, 3.63) is 30.1 Å². The molecule has 0 radical (unpaired) electrons. The second kappa shape index (κ2) is 6.10. The molecule has 1 heterocycles. The van der Waals surface area contributed by atoms with Crippen LogP contribution in [0.15, 0.2) is 24.4 Å². The minimum Gasteiger partial charge on any atom is -0.370 e. The van der Waals surface area contributed by atoms with E-state index in [9.17, 15) is 4.79 Å². The summed E-state index contributed by atoms with van der Waals surface area (Å²) in [5.74, 6) is -0.233. The van der Waals surface area contributed by atoms with E-state index < -0.39 is 0 Å². The Morgan fingerprint density at radius 1 is 1.57 bits per heavy atom. The van der Waals surface area contributed by atoms with Crippen molar-refractivity contribution in [1.29, 1.82) is 0 Å². The molecule has 14 heavy (non-hydrogen) atoms. The van der Waals surface area contributed by atoms with Crippen molar-refractivity contribution in [1.82, 2.24) is 10.5 Å². The van der Waals surface area contributed by atoms with Crippen molar-refractivity contribution in [2.24, 2.45) is 0 Å². The van der Waals surface area contributed by atoms with Crippen molar-refractivity contribution in [2.75, 3.05) is 0 Å². The maximum atomic E-state index is 10.9. The standard InChI is InChI=1S/C10H14N2O2/c1-2-5-10(13)14-12-8-9-6-3-4-7-11-9/h3-4,6-7,12H,2,5,8H2,1H3. The molecule has 0 saturated carbocycles. The number of hydrogen-bond acceptors (Lipinski definition) is 4. The molecule has 0 spiro atoms. The maximum absolute atomic E-state index is 10.9. The minimum atomic E-state index is -0.233. The molecular weight excluding hydrogens is 180 g/mol. The minimum absolute atomic E-state index is 0.233. The molecule has 0 aromatic carbocycles. The Hall–Kier alpha value is -1.42. The Morgan fingerprint density at radius 2 is 2.43 bits per heavy atom. The van der Waals surface area contributed by atoms with Gasteiger partial charge in [0.25, 0.3) is 0 Å². The highest BCUT2D eigenvalue weighted by atomic mass is 16.7. The van der Waals surface area contributed by atoms with Gasteiger partial charge in [-0.1, -0.05) is 13.0 Å². The van der Waals surface area contributed by atoms with Gasteiger partial charge in [0, 0.05) is 12.6 Å². The first-order chi connectivity index (χ1) is 6.83. The van der Waals surface area contributed by atoms with Gasteiger partial charge in [-0.25, -0.2) is 0 Å². The molecule has 0 aliphatic rings. The van der Waals surface area contributed by atoms with E-state index in [1.807, 2.05) is 25.1 Å². The highest BCUT2D eigenvalue weighted by Crippen LogP contribution is 1.93. The van der Waals surface area contributed by atoms with Gasteiger partial charge in [-0.05, 0) is 18.6 Å². The quantitative estimate of drug-likeness (QED) is 0.720. The first-order valence-corrected chi connectivity index (χ1v) is 4.65. The monoisotopic (exact) mass is 194 g/mol. The predicted molar refractivity (Wildman–Crippen MR) is 52.1 cm³/mol. The van der Waals surface area contributed by atoms with Gasteiger partial charge in [0.05, 0.1) is 12.2 Å². The Labute approximate surface area is 83.3 Å². The third kappa shape index (κ3) is 4.00. The third-order valence-electron chi connectivity index (χ3n) is 1.62. The van der Waals surface area contributed by atoms with Crippen molar-refractivity contribution in [3.8, 4) is 0 Å². The molecule has 0 saturated heterocycles. The molecule has 4 heteroatoms. The van der Waals surface area contributed by atoms with Gasteiger partial charge in [-0.15, -0.1) is 5.48 Å². The van der Waals surface area contributed by atoms with Crippen LogP contribution in [0.25, 0.3) is 0 Å². The number of carbonyl (C=O) groups excluding carboxylic acids is 1. The number of pyridine rings is 1. The normalized spacial score (nSPS) is 9.79. The third-order valence-corrected chi connectivity index (χ3v) is 1.62. The lowest BCUT2D eigenvalue weighted by Crippen LogP contribution is -2.19. The molecule has 1 N–H and O–H groups in total. The van der Waals surface area contributed by atoms with E-state index >= 15 is 0 Å². The molecule has 76 valence electrons. The summed E-state index contributed by atoms with van der Waals surface area (Å²) in [7, 11) is 0. The van der Waals surface area contributed by atoms with E-state index in [1.54, 1.807) is 6.20 Å². The molecule has 0 atom stereocenters. The summed E-state index contributed by atoms with van der Waals surface area (Å²) in [5.41, 5.74) is 3.42. The van der Waals surface area contributed by atoms with Crippen LogP contribution >= 0.6 is 0 Å². The van der Waals surface area contributed by atoms with Crippen molar-refractivity contribution < 1.29 is 9.63 Å². The number of nitrogens with one attached hydrogen (secondary N) is 1. The second-order valence-electron chi connectivity index (χ2n) is 2.87. The Morgan fingerprint density at radius 3 is 3.07 bits per heavy atom. The Kier molecular flexibility index (Phi) is 4.64. The smallest absolute Gasteiger partial charge is 0.324 e. The number of aromatic nitrogens is 1.